The first-order valence-electron chi connectivity index (χ1n) is 5.08. The quantitative estimate of drug-likeness (QED) is 0.763. The zero-order valence-electron chi connectivity index (χ0n) is 9.11. The van der Waals surface area contributed by atoms with Gasteiger partial charge in [0, 0.05) is 23.5 Å². The van der Waals surface area contributed by atoms with E-state index < -0.39 is 11.7 Å². The van der Waals surface area contributed by atoms with E-state index in [1.807, 2.05) is 0 Å². The summed E-state index contributed by atoms with van der Waals surface area (Å²) in [6.45, 7) is 0. The van der Waals surface area contributed by atoms with Gasteiger partial charge in [0.05, 0.1) is 5.56 Å². The number of aromatic nitrogens is 1. The minimum absolute atomic E-state index is 0.324. The molecule has 0 radical (unpaired) electrons. The lowest BCUT2D eigenvalue weighted by molar-refractivity contribution is -0.137. The minimum atomic E-state index is -4.38. The third-order valence-corrected chi connectivity index (χ3v) is 2.42. The zero-order valence-corrected chi connectivity index (χ0v) is 9.11. The third kappa shape index (κ3) is 2.56. The first-order valence-corrected chi connectivity index (χ1v) is 5.08. The van der Waals surface area contributed by atoms with Crippen LogP contribution in [0.2, 0.25) is 0 Å². The molecule has 1 heterocycles. The monoisotopic (exact) mass is 251 g/mol. The van der Waals surface area contributed by atoms with Gasteiger partial charge in [0.2, 0.25) is 0 Å². The van der Waals surface area contributed by atoms with E-state index in [4.69, 9.17) is 0 Å². The lowest BCUT2D eigenvalue weighted by Gasteiger charge is -2.08. The molecular weight excluding hydrogens is 243 g/mol. The van der Waals surface area contributed by atoms with E-state index >= 15 is 0 Å². The first-order chi connectivity index (χ1) is 8.50. The molecule has 0 N–H and O–H groups in total. The molecule has 0 aliphatic carbocycles. The molecule has 2 aromatic rings. The van der Waals surface area contributed by atoms with Crippen LogP contribution in [0.25, 0.3) is 11.1 Å². The molecule has 0 atom stereocenters. The van der Waals surface area contributed by atoms with Gasteiger partial charge in [0.1, 0.15) is 0 Å². The van der Waals surface area contributed by atoms with Crippen molar-refractivity contribution in [3.8, 4) is 11.1 Å². The van der Waals surface area contributed by atoms with E-state index in [1.54, 1.807) is 6.07 Å². The molecule has 0 unspecified atom stereocenters. The number of halogens is 3. The van der Waals surface area contributed by atoms with E-state index in [9.17, 15) is 18.0 Å². The number of hydrogen-bond donors (Lipinski definition) is 0. The van der Waals surface area contributed by atoms with Crippen molar-refractivity contribution < 1.29 is 18.0 Å². The summed E-state index contributed by atoms with van der Waals surface area (Å²) < 4.78 is 37.7. The van der Waals surface area contributed by atoms with Crippen LogP contribution < -0.4 is 0 Å². The molecule has 1 aromatic carbocycles. The Morgan fingerprint density at radius 3 is 2.50 bits per heavy atom. The van der Waals surface area contributed by atoms with E-state index in [2.05, 4.69) is 4.98 Å². The fraction of sp³-hybridized carbons (Fsp3) is 0.0769. The topological polar surface area (TPSA) is 30.0 Å². The molecule has 0 fully saturated rings. The zero-order chi connectivity index (χ0) is 13.2. The van der Waals surface area contributed by atoms with E-state index in [0.29, 0.717) is 23.0 Å². The smallest absolute Gasteiger partial charge is 0.298 e. The summed E-state index contributed by atoms with van der Waals surface area (Å²) >= 11 is 0. The van der Waals surface area contributed by atoms with Gasteiger partial charge in [-0.05, 0) is 23.8 Å². The van der Waals surface area contributed by atoms with Crippen LogP contribution in [-0.4, -0.2) is 11.3 Å². The van der Waals surface area contributed by atoms with Gasteiger partial charge in [-0.15, -0.1) is 0 Å². The molecule has 0 aliphatic rings. The number of alkyl halides is 3. The SMILES string of the molecule is O=Cc1cncc(-c2cccc(C(F)(F)F)c2)c1. The number of nitrogens with zero attached hydrogens (tertiary/aromatic N) is 1. The molecule has 2 nitrogen and oxygen atoms in total. The highest BCUT2D eigenvalue weighted by Crippen LogP contribution is 2.31. The van der Waals surface area contributed by atoms with Crippen LogP contribution in [-0.2, 0) is 6.18 Å². The molecule has 1 aromatic heterocycles. The molecular formula is C13H8F3NO. The highest BCUT2D eigenvalue weighted by molar-refractivity contribution is 5.78. The Hall–Kier alpha value is -2.17. The molecule has 0 bridgehead atoms. The van der Waals surface area contributed by atoms with Gasteiger partial charge in [-0.25, -0.2) is 0 Å². The van der Waals surface area contributed by atoms with Crippen LogP contribution in [0.3, 0.4) is 0 Å². The lowest BCUT2D eigenvalue weighted by atomic mass is 10.0. The van der Waals surface area contributed by atoms with Crippen molar-refractivity contribution in [2.75, 3.05) is 0 Å². The van der Waals surface area contributed by atoms with Gasteiger partial charge in [-0.3, -0.25) is 9.78 Å². The average Bonchev–Trinajstić information content (AvgIpc) is 2.38. The van der Waals surface area contributed by atoms with E-state index in [1.165, 1.54) is 24.5 Å². The van der Waals surface area contributed by atoms with Crippen molar-refractivity contribution in [1.82, 2.24) is 4.98 Å². The fourth-order valence-corrected chi connectivity index (χ4v) is 1.56. The van der Waals surface area contributed by atoms with E-state index in [-0.39, 0.29) is 0 Å². The predicted octanol–water partition coefficient (Wildman–Crippen LogP) is 3.58. The molecule has 5 heteroatoms. The summed E-state index contributed by atoms with van der Waals surface area (Å²) in [5.74, 6) is 0. The maximum absolute atomic E-state index is 12.6. The number of carbonyl (C=O) groups is 1. The van der Waals surface area contributed by atoms with Gasteiger partial charge >= 0.3 is 6.18 Å². The first kappa shape index (κ1) is 12.3. The van der Waals surface area contributed by atoms with Crippen molar-refractivity contribution in [2.24, 2.45) is 0 Å². The number of pyridine rings is 1. The normalized spacial score (nSPS) is 11.3. The largest absolute Gasteiger partial charge is 0.416 e. The Bertz CT molecular complexity index is 578. The predicted molar refractivity (Wildman–Crippen MR) is 60.1 cm³/mol. The van der Waals surface area contributed by atoms with Crippen LogP contribution >= 0.6 is 0 Å². The summed E-state index contributed by atoms with van der Waals surface area (Å²) in [4.78, 5) is 14.4. The summed E-state index contributed by atoms with van der Waals surface area (Å²) in [6.07, 6.45) is -1.01. The Morgan fingerprint density at radius 1 is 1.06 bits per heavy atom. The summed E-state index contributed by atoms with van der Waals surface area (Å²) in [6, 6.07) is 6.40. The lowest BCUT2D eigenvalue weighted by Crippen LogP contribution is -2.04. The van der Waals surface area contributed by atoms with Gasteiger partial charge in [0.25, 0.3) is 0 Å². The van der Waals surface area contributed by atoms with Crippen LogP contribution in [0, 0.1) is 0 Å². The molecule has 18 heavy (non-hydrogen) atoms. The van der Waals surface area contributed by atoms with Crippen LogP contribution in [0.4, 0.5) is 13.2 Å². The van der Waals surface area contributed by atoms with Crippen molar-refractivity contribution in [2.45, 2.75) is 6.18 Å². The maximum atomic E-state index is 12.6. The number of carbonyl (C=O) groups excluding carboxylic acids is 1. The van der Waals surface area contributed by atoms with Crippen molar-refractivity contribution in [3.63, 3.8) is 0 Å². The Labute approximate surface area is 101 Å². The molecule has 0 amide bonds. The maximum Gasteiger partial charge on any atom is 0.416 e. The van der Waals surface area contributed by atoms with E-state index in [0.717, 1.165) is 12.1 Å². The van der Waals surface area contributed by atoms with Gasteiger partial charge in [-0.2, -0.15) is 13.2 Å². The summed E-state index contributed by atoms with van der Waals surface area (Å²) in [5.41, 5.74) is 0.452. The molecule has 0 saturated heterocycles. The second-order valence-corrected chi connectivity index (χ2v) is 3.70. The number of hydrogen-bond acceptors (Lipinski definition) is 2. The number of rotatable bonds is 2. The molecule has 0 spiro atoms. The third-order valence-electron chi connectivity index (χ3n) is 2.42. The number of benzene rings is 1. The van der Waals surface area contributed by atoms with Gasteiger partial charge < -0.3 is 0 Å². The summed E-state index contributed by atoms with van der Waals surface area (Å²) in [5, 5.41) is 0. The number of aldehydes is 1. The van der Waals surface area contributed by atoms with Crippen molar-refractivity contribution in [1.29, 1.82) is 0 Å². The average molecular weight is 251 g/mol. The molecule has 92 valence electrons. The van der Waals surface area contributed by atoms with Crippen LogP contribution in [0.15, 0.2) is 42.7 Å². The Kier molecular flexibility index (Phi) is 3.14. The second-order valence-electron chi connectivity index (χ2n) is 3.70. The summed E-state index contributed by atoms with van der Waals surface area (Å²) in [7, 11) is 0. The molecule has 2 rings (SSSR count). The second kappa shape index (κ2) is 4.60. The van der Waals surface area contributed by atoms with Crippen LogP contribution in [0.5, 0.6) is 0 Å². The molecule has 0 aliphatic heterocycles. The van der Waals surface area contributed by atoms with Crippen molar-refractivity contribution >= 4 is 6.29 Å². The van der Waals surface area contributed by atoms with Crippen molar-refractivity contribution in [3.05, 3.63) is 53.9 Å². The van der Waals surface area contributed by atoms with Gasteiger partial charge in [-0.1, -0.05) is 12.1 Å². The Balaban J connectivity index is 2.47. The van der Waals surface area contributed by atoms with Gasteiger partial charge in [0.15, 0.2) is 6.29 Å². The minimum Gasteiger partial charge on any atom is -0.298 e. The fourth-order valence-electron chi connectivity index (χ4n) is 1.56. The van der Waals surface area contributed by atoms with Crippen LogP contribution in [0.1, 0.15) is 15.9 Å². The highest BCUT2D eigenvalue weighted by Gasteiger charge is 2.30. The highest BCUT2D eigenvalue weighted by atomic mass is 19.4. The molecule has 0 saturated carbocycles. The standard InChI is InChI=1S/C13H8F3NO/c14-13(15,16)12-3-1-2-10(5-12)11-4-9(8-18)6-17-7-11/h1-8H. The Morgan fingerprint density at radius 2 is 1.83 bits per heavy atom.